The first-order valence-electron chi connectivity index (χ1n) is 6.29. The van der Waals surface area contributed by atoms with Crippen LogP contribution in [0.25, 0.3) is 0 Å². The Bertz CT molecular complexity index is 490. The third kappa shape index (κ3) is 3.34. The minimum atomic E-state index is -0.816. The highest BCUT2D eigenvalue weighted by molar-refractivity contribution is 9.10. The smallest absolute Gasteiger partial charge is 0.231 e. The zero-order valence-corrected chi connectivity index (χ0v) is 12.5. The SMILES string of the molecule is CCNC1COCC1C(=O)Nc1c(F)cc(F)cc1Br. The summed E-state index contributed by atoms with van der Waals surface area (Å²) >= 11 is 3.04. The Labute approximate surface area is 124 Å². The van der Waals surface area contributed by atoms with Crippen LogP contribution in [0.2, 0.25) is 0 Å². The Morgan fingerprint density at radius 2 is 2.20 bits per heavy atom. The lowest BCUT2D eigenvalue weighted by Crippen LogP contribution is -2.41. The van der Waals surface area contributed by atoms with Crippen LogP contribution < -0.4 is 10.6 Å². The fourth-order valence-corrected chi connectivity index (χ4v) is 2.66. The molecule has 1 aliphatic heterocycles. The first-order chi connectivity index (χ1) is 9.52. The molecule has 0 radical (unpaired) electrons. The maximum absolute atomic E-state index is 13.7. The van der Waals surface area contributed by atoms with Gasteiger partial charge in [-0.3, -0.25) is 4.79 Å². The van der Waals surface area contributed by atoms with Gasteiger partial charge in [-0.05, 0) is 28.5 Å². The van der Waals surface area contributed by atoms with Gasteiger partial charge >= 0.3 is 0 Å². The molecular formula is C13H15BrF2N2O2. The van der Waals surface area contributed by atoms with Gasteiger partial charge in [0.1, 0.15) is 5.82 Å². The van der Waals surface area contributed by atoms with E-state index in [4.69, 9.17) is 4.74 Å². The van der Waals surface area contributed by atoms with Crippen LogP contribution in [-0.2, 0) is 9.53 Å². The Morgan fingerprint density at radius 1 is 1.45 bits per heavy atom. The summed E-state index contributed by atoms with van der Waals surface area (Å²) in [6.07, 6.45) is 0. The number of nitrogens with one attached hydrogen (secondary N) is 2. The molecular weight excluding hydrogens is 334 g/mol. The number of hydrogen-bond acceptors (Lipinski definition) is 3. The minimum Gasteiger partial charge on any atom is -0.379 e. The number of likely N-dealkylation sites (N-methyl/N-ethyl adjacent to an activating group) is 1. The minimum absolute atomic E-state index is 0.0569. The molecule has 0 saturated carbocycles. The van der Waals surface area contributed by atoms with Gasteiger partial charge in [0, 0.05) is 16.6 Å². The monoisotopic (exact) mass is 348 g/mol. The summed E-state index contributed by atoms with van der Waals surface area (Å²) in [6.45, 7) is 3.37. The Hall–Kier alpha value is -1.05. The van der Waals surface area contributed by atoms with Crippen LogP contribution in [-0.4, -0.2) is 31.7 Å². The summed E-state index contributed by atoms with van der Waals surface area (Å²) in [7, 11) is 0. The number of carbonyl (C=O) groups excluding carboxylic acids is 1. The van der Waals surface area contributed by atoms with Gasteiger partial charge in [-0.25, -0.2) is 8.78 Å². The summed E-state index contributed by atoms with van der Waals surface area (Å²) in [6, 6.07) is 1.74. The van der Waals surface area contributed by atoms with Crippen LogP contribution in [0, 0.1) is 17.6 Å². The molecule has 2 rings (SSSR count). The number of carbonyl (C=O) groups is 1. The van der Waals surface area contributed by atoms with Crippen molar-refractivity contribution in [3.8, 4) is 0 Å². The molecule has 1 aromatic carbocycles. The molecule has 1 aromatic rings. The van der Waals surface area contributed by atoms with Gasteiger partial charge in [0.2, 0.25) is 5.91 Å². The summed E-state index contributed by atoms with van der Waals surface area (Å²) in [4.78, 5) is 12.2. The molecule has 1 heterocycles. The summed E-state index contributed by atoms with van der Waals surface area (Å²) in [5, 5.41) is 5.64. The lowest BCUT2D eigenvalue weighted by Gasteiger charge is -2.18. The van der Waals surface area contributed by atoms with E-state index in [1.165, 1.54) is 0 Å². The topological polar surface area (TPSA) is 50.4 Å². The number of ether oxygens (including phenoxy) is 1. The van der Waals surface area contributed by atoms with Gasteiger partial charge in [-0.1, -0.05) is 6.92 Å². The van der Waals surface area contributed by atoms with E-state index in [9.17, 15) is 13.6 Å². The van der Waals surface area contributed by atoms with E-state index in [1.807, 2.05) is 6.92 Å². The van der Waals surface area contributed by atoms with Crippen molar-refractivity contribution < 1.29 is 18.3 Å². The molecule has 0 bridgehead atoms. The summed E-state index contributed by atoms with van der Waals surface area (Å²) < 4.78 is 32.1. The predicted molar refractivity (Wildman–Crippen MR) is 74.5 cm³/mol. The second-order valence-corrected chi connectivity index (χ2v) is 5.40. The quantitative estimate of drug-likeness (QED) is 0.877. The van der Waals surface area contributed by atoms with E-state index in [2.05, 4.69) is 26.6 Å². The van der Waals surface area contributed by atoms with Crippen molar-refractivity contribution in [3.63, 3.8) is 0 Å². The van der Waals surface area contributed by atoms with Crippen molar-refractivity contribution in [2.45, 2.75) is 13.0 Å². The standard InChI is InChI=1S/C13H15BrF2N2O2/c1-2-17-11-6-20-5-8(11)13(19)18-12-9(14)3-7(15)4-10(12)16/h3-4,8,11,17H,2,5-6H2,1H3,(H,18,19). The van der Waals surface area contributed by atoms with Gasteiger partial charge < -0.3 is 15.4 Å². The molecule has 2 atom stereocenters. The highest BCUT2D eigenvalue weighted by Crippen LogP contribution is 2.28. The highest BCUT2D eigenvalue weighted by Gasteiger charge is 2.34. The van der Waals surface area contributed by atoms with E-state index < -0.39 is 17.6 Å². The van der Waals surface area contributed by atoms with Gasteiger partial charge in [-0.15, -0.1) is 0 Å². The second kappa shape index (κ2) is 6.60. The fraction of sp³-hybridized carbons (Fsp3) is 0.462. The van der Waals surface area contributed by atoms with E-state index >= 15 is 0 Å². The number of hydrogen-bond donors (Lipinski definition) is 2. The third-order valence-corrected chi connectivity index (χ3v) is 3.76. The summed E-state index contributed by atoms with van der Waals surface area (Å²) in [5.74, 6) is -2.27. The van der Waals surface area contributed by atoms with Gasteiger partial charge in [0.05, 0.1) is 24.8 Å². The summed E-state index contributed by atoms with van der Waals surface area (Å²) in [5.41, 5.74) is -0.0569. The average Bonchev–Trinajstić information content (AvgIpc) is 2.82. The van der Waals surface area contributed by atoms with Crippen molar-refractivity contribution in [2.75, 3.05) is 25.1 Å². The van der Waals surface area contributed by atoms with Crippen LogP contribution in [0.1, 0.15) is 6.92 Å². The van der Waals surface area contributed by atoms with E-state index in [0.717, 1.165) is 12.1 Å². The lowest BCUT2D eigenvalue weighted by atomic mass is 10.0. The Morgan fingerprint density at radius 3 is 2.85 bits per heavy atom. The highest BCUT2D eigenvalue weighted by atomic mass is 79.9. The molecule has 0 aliphatic carbocycles. The second-order valence-electron chi connectivity index (χ2n) is 4.54. The zero-order chi connectivity index (χ0) is 14.7. The van der Waals surface area contributed by atoms with E-state index in [-0.39, 0.29) is 28.7 Å². The van der Waals surface area contributed by atoms with Crippen LogP contribution in [0.3, 0.4) is 0 Å². The van der Waals surface area contributed by atoms with Gasteiger partial charge in [-0.2, -0.15) is 0 Å². The molecule has 20 heavy (non-hydrogen) atoms. The molecule has 1 saturated heterocycles. The van der Waals surface area contributed by atoms with Crippen molar-refractivity contribution >= 4 is 27.5 Å². The molecule has 7 heteroatoms. The van der Waals surface area contributed by atoms with Crippen molar-refractivity contribution in [1.29, 1.82) is 0 Å². The molecule has 0 aromatic heterocycles. The molecule has 2 unspecified atom stereocenters. The van der Waals surface area contributed by atoms with Gasteiger partial charge in [0.15, 0.2) is 5.82 Å². The first kappa shape index (κ1) is 15.3. The van der Waals surface area contributed by atoms with Crippen LogP contribution in [0.15, 0.2) is 16.6 Å². The number of halogens is 3. The lowest BCUT2D eigenvalue weighted by molar-refractivity contribution is -0.120. The molecule has 1 fully saturated rings. The van der Waals surface area contributed by atoms with Crippen LogP contribution in [0.5, 0.6) is 0 Å². The number of benzene rings is 1. The van der Waals surface area contributed by atoms with Gasteiger partial charge in [0.25, 0.3) is 0 Å². The fourth-order valence-electron chi connectivity index (χ4n) is 2.15. The average molecular weight is 349 g/mol. The molecule has 110 valence electrons. The maximum atomic E-state index is 13.7. The normalized spacial score (nSPS) is 22.0. The van der Waals surface area contributed by atoms with Crippen LogP contribution in [0.4, 0.5) is 14.5 Å². The molecule has 4 nitrogen and oxygen atoms in total. The zero-order valence-electron chi connectivity index (χ0n) is 10.9. The first-order valence-corrected chi connectivity index (χ1v) is 7.08. The molecule has 1 amide bonds. The van der Waals surface area contributed by atoms with E-state index in [1.54, 1.807) is 0 Å². The number of anilines is 1. The maximum Gasteiger partial charge on any atom is 0.231 e. The van der Waals surface area contributed by atoms with Crippen molar-refractivity contribution in [3.05, 3.63) is 28.2 Å². The molecule has 1 aliphatic rings. The Kier molecular flexibility index (Phi) is 5.06. The Balaban J connectivity index is 2.12. The van der Waals surface area contributed by atoms with Crippen molar-refractivity contribution in [1.82, 2.24) is 5.32 Å². The third-order valence-electron chi connectivity index (χ3n) is 3.14. The van der Waals surface area contributed by atoms with Crippen LogP contribution >= 0.6 is 15.9 Å². The van der Waals surface area contributed by atoms with Crippen molar-refractivity contribution in [2.24, 2.45) is 5.92 Å². The largest absolute Gasteiger partial charge is 0.379 e. The molecule has 0 spiro atoms. The molecule has 2 N–H and O–H groups in total. The van der Waals surface area contributed by atoms with E-state index in [0.29, 0.717) is 13.2 Å². The number of amides is 1. The predicted octanol–water partition coefficient (Wildman–Crippen LogP) is 2.29. The number of rotatable bonds is 4.